The van der Waals surface area contributed by atoms with E-state index < -0.39 is 0 Å². The maximum atomic E-state index is 5.45. The topological polar surface area (TPSA) is 47.0 Å². The van der Waals surface area contributed by atoms with Crippen LogP contribution in [0.15, 0.2) is 6.07 Å². The Morgan fingerprint density at radius 3 is 2.95 bits per heavy atom. The summed E-state index contributed by atoms with van der Waals surface area (Å²) in [6.45, 7) is 7.90. The molecule has 0 spiro atoms. The van der Waals surface area contributed by atoms with E-state index in [9.17, 15) is 0 Å². The van der Waals surface area contributed by atoms with Crippen LogP contribution >= 0.6 is 0 Å². The molecule has 0 aromatic carbocycles. The van der Waals surface area contributed by atoms with Crippen molar-refractivity contribution in [3.63, 3.8) is 0 Å². The number of nitrogens with one attached hydrogen (secondary N) is 1. The Morgan fingerprint density at radius 1 is 1.35 bits per heavy atom. The molecular weight excluding hydrogens is 250 g/mol. The maximum absolute atomic E-state index is 5.45. The summed E-state index contributed by atoms with van der Waals surface area (Å²) in [4.78, 5) is 8.79. The number of aryl methyl sites for hydroxylation is 1. The minimum absolute atomic E-state index is 0.635. The number of anilines is 1. The third-order valence-electron chi connectivity index (χ3n) is 4.00. The number of hydrogen-bond donors (Lipinski definition) is 1. The van der Waals surface area contributed by atoms with Crippen LogP contribution in [0.4, 0.5) is 5.95 Å². The van der Waals surface area contributed by atoms with Gasteiger partial charge in [0, 0.05) is 18.3 Å². The molecule has 1 N–H and O–H groups in total. The van der Waals surface area contributed by atoms with Crippen LogP contribution < -0.4 is 10.1 Å². The van der Waals surface area contributed by atoms with E-state index in [0.29, 0.717) is 18.4 Å². The van der Waals surface area contributed by atoms with Crippen molar-refractivity contribution in [2.24, 2.45) is 11.8 Å². The molecule has 0 amide bonds. The van der Waals surface area contributed by atoms with Gasteiger partial charge < -0.3 is 10.1 Å². The van der Waals surface area contributed by atoms with Crippen molar-refractivity contribution in [1.82, 2.24) is 9.97 Å². The maximum Gasteiger partial charge on any atom is 0.226 e. The highest BCUT2D eigenvalue weighted by atomic mass is 16.5. The SMILES string of the molecule is CCOc1cc(C)nc(NCCC2CCCC(C)C2)n1. The van der Waals surface area contributed by atoms with Gasteiger partial charge >= 0.3 is 0 Å². The highest BCUT2D eigenvalue weighted by molar-refractivity contribution is 5.30. The Morgan fingerprint density at radius 2 is 2.20 bits per heavy atom. The number of nitrogens with zero attached hydrogens (tertiary/aromatic N) is 2. The molecule has 1 fully saturated rings. The van der Waals surface area contributed by atoms with E-state index in [1.165, 1.54) is 32.1 Å². The highest BCUT2D eigenvalue weighted by Crippen LogP contribution is 2.30. The van der Waals surface area contributed by atoms with Gasteiger partial charge in [-0.1, -0.05) is 26.2 Å². The fraction of sp³-hybridized carbons (Fsp3) is 0.750. The lowest BCUT2D eigenvalue weighted by Gasteiger charge is -2.26. The molecular formula is C16H27N3O. The molecule has 0 radical (unpaired) electrons. The Kier molecular flexibility index (Phi) is 5.62. The summed E-state index contributed by atoms with van der Waals surface area (Å²) >= 11 is 0. The van der Waals surface area contributed by atoms with Gasteiger partial charge in [0.2, 0.25) is 11.8 Å². The average Bonchev–Trinajstić information content (AvgIpc) is 2.38. The lowest BCUT2D eigenvalue weighted by atomic mass is 9.81. The van der Waals surface area contributed by atoms with E-state index in [0.717, 1.165) is 24.1 Å². The minimum Gasteiger partial charge on any atom is -0.478 e. The van der Waals surface area contributed by atoms with Gasteiger partial charge in [0.1, 0.15) is 0 Å². The summed E-state index contributed by atoms with van der Waals surface area (Å²) in [6.07, 6.45) is 6.76. The molecule has 4 nitrogen and oxygen atoms in total. The Balaban J connectivity index is 1.81. The zero-order valence-corrected chi connectivity index (χ0v) is 13.0. The van der Waals surface area contributed by atoms with Crippen LogP contribution in [-0.4, -0.2) is 23.1 Å². The van der Waals surface area contributed by atoms with E-state index in [-0.39, 0.29) is 0 Å². The lowest BCUT2D eigenvalue weighted by Crippen LogP contribution is -2.17. The molecule has 4 heteroatoms. The first-order valence-corrected chi connectivity index (χ1v) is 7.89. The zero-order valence-electron chi connectivity index (χ0n) is 13.0. The Labute approximate surface area is 122 Å². The predicted molar refractivity (Wildman–Crippen MR) is 82.2 cm³/mol. The van der Waals surface area contributed by atoms with E-state index in [2.05, 4.69) is 22.2 Å². The summed E-state index contributed by atoms with van der Waals surface area (Å²) in [5.74, 6) is 3.11. The van der Waals surface area contributed by atoms with Crippen LogP contribution in [0.25, 0.3) is 0 Å². The molecule has 0 saturated heterocycles. The van der Waals surface area contributed by atoms with Crippen LogP contribution in [0.5, 0.6) is 5.88 Å². The molecule has 1 aliphatic rings. The van der Waals surface area contributed by atoms with Gasteiger partial charge in [0.05, 0.1) is 6.61 Å². The summed E-state index contributed by atoms with van der Waals surface area (Å²) in [6, 6.07) is 1.87. The van der Waals surface area contributed by atoms with Crippen molar-refractivity contribution in [3.05, 3.63) is 11.8 Å². The number of ether oxygens (including phenoxy) is 1. The quantitative estimate of drug-likeness (QED) is 0.859. The summed E-state index contributed by atoms with van der Waals surface area (Å²) in [5, 5.41) is 3.34. The van der Waals surface area contributed by atoms with Gasteiger partial charge in [-0.25, -0.2) is 4.98 Å². The van der Waals surface area contributed by atoms with Crippen molar-refractivity contribution >= 4 is 5.95 Å². The Hall–Kier alpha value is -1.32. The third-order valence-corrected chi connectivity index (χ3v) is 4.00. The molecule has 0 bridgehead atoms. The van der Waals surface area contributed by atoms with E-state index >= 15 is 0 Å². The first kappa shape index (κ1) is 15.1. The largest absolute Gasteiger partial charge is 0.478 e. The Bertz CT molecular complexity index is 422. The molecule has 1 heterocycles. The first-order chi connectivity index (χ1) is 9.67. The van der Waals surface area contributed by atoms with Crippen LogP contribution in [0.1, 0.15) is 51.6 Å². The second-order valence-corrected chi connectivity index (χ2v) is 5.96. The van der Waals surface area contributed by atoms with Crippen molar-refractivity contribution in [3.8, 4) is 5.88 Å². The van der Waals surface area contributed by atoms with Gasteiger partial charge in [0.25, 0.3) is 0 Å². The molecule has 2 atom stereocenters. The lowest BCUT2D eigenvalue weighted by molar-refractivity contribution is 0.274. The van der Waals surface area contributed by atoms with E-state index in [1.54, 1.807) is 0 Å². The third kappa shape index (κ3) is 4.66. The molecule has 1 aromatic heterocycles. The van der Waals surface area contributed by atoms with Crippen LogP contribution in [0.3, 0.4) is 0 Å². The highest BCUT2D eigenvalue weighted by Gasteiger charge is 2.18. The smallest absolute Gasteiger partial charge is 0.226 e. The predicted octanol–water partition coefficient (Wildman–Crippen LogP) is 3.81. The fourth-order valence-corrected chi connectivity index (χ4v) is 3.05. The molecule has 0 aliphatic heterocycles. The van der Waals surface area contributed by atoms with Gasteiger partial charge in [-0.05, 0) is 38.5 Å². The van der Waals surface area contributed by atoms with Crippen molar-refractivity contribution in [1.29, 1.82) is 0 Å². The van der Waals surface area contributed by atoms with Crippen molar-refractivity contribution in [2.45, 2.75) is 52.9 Å². The molecule has 112 valence electrons. The van der Waals surface area contributed by atoms with Gasteiger partial charge in [-0.15, -0.1) is 0 Å². The summed E-state index contributed by atoms with van der Waals surface area (Å²) in [7, 11) is 0. The molecule has 1 saturated carbocycles. The van der Waals surface area contributed by atoms with Crippen LogP contribution in [0, 0.1) is 18.8 Å². The second kappa shape index (κ2) is 7.46. The van der Waals surface area contributed by atoms with Gasteiger partial charge in [-0.3, -0.25) is 0 Å². The number of rotatable bonds is 6. The van der Waals surface area contributed by atoms with Crippen molar-refractivity contribution in [2.75, 3.05) is 18.5 Å². The van der Waals surface area contributed by atoms with E-state index in [4.69, 9.17) is 4.74 Å². The standard InChI is InChI=1S/C16H27N3O/c1-4-20-15-11-13(3)18-16(19-15)17-9-8-14-7-5-6-12(2)10-14/h11-12,14H,4-10H2,1-3H3,(H,17,18,19). The van der Waals surface area contributed by atoms with Crippen LogP contribution in [-0.2, 0) is 0 Å². The first-order valence-electron chi connectivity index (χ1n) is 7.89. The minimum atomic E-state index is 0.635. The average molecular weight is 277 g/mol. The second-order valence-electron chi connectivity index (χ2n) is 5.96. The van der Waals surface area contributed by atoms with Crippen LogP contribution in [0.2, 0.25) is 0 Å². The molecule has 2 rings (SSSR count). The molecule has 1 aromatic rings. The van der Waals surface area contributed by atoms with Gasteiger partial charge in [-0.2, -0.15) is 4.98 Å². The van der Waals surface area contributed by atoms with E-state index in [1.807, 2.05) is 19.9 Å². The van der Waals surface area contributed by atoms with Crippen molar-refractivity contribution < 1.29 is 4.74 Å². The monoisotopic (exact) mass is 277 g/mol. The van der Waals surface area contributed by atoms with Gasteiger partial charge in [0.15, 0.2) is 0 Å². The molecule has 1 aliphatic carbocycles. The summed E-state index contributed by atoms with van der Waals surface area (Å²) < 4.78 is 5.45. The summed E-state index contributed by atoms with van der Waals surface area (Å²) in [5.41, 5.74) is 0.942. The molecule has 2 unspecified atom stereocenters. The number of aromatic nitrogens is 2. The zero-order chi connectivity index (χ0) is 14.4. The number of hydrogen-bond acceptors (Lipinski definition) is 4. The fourth-order valence-electron chi connectivity index (χ4n) is 3.05. The molecule has 20 heavy (non-hydrogen) atoms. The normalized spacial score (nSPS) is 22.6.